The van der Waals surface area contributed by atoms with Crippen molar-refractivity contribution in [3.05, 3.63) is 45.6 Å². The zero-order valence-electron chi connectivity index (χ0n) is 21.8. The van der Waals surface area contributed by atoms with Gasteiger partial charge in [-0.3, -0.25) is 9.59 Å². The lowest BCUT2D eigenvalue weighted by Crippen LogP contribution is -2.55. The van der Waals surface area contributed by atoms with Crippen LogP contribution < -0.4 is 14.8 Å². The molecule has 3 unspecified atom stereocenters. The number of nitrogens with one attached hydrogen (secondary N) is 1. The second-order valence-corrected chi connectivity index (χ2v) is 10.5. The third-order valence-electron chi connectivity index (χ3n) is 6.17. The largest absolute Gasteiger partial charge is 0.493 e. The molecular formula is C27H39IN2O7. The predicted octanol–water partition coefficient (Wildman–Crippen LogP) is 2.55. The summed E-state index contributed by atoms with van der Waals surface area (Å²) in [6.07, 6.45) is 2.81. The van der Waals surface area contributed by atoms with Crippen molar-refractivity contribution in [3.63, 3.8) is 0 Å². The van der Waals surface area contributed by atoms with Gasteiger partial charge in [-0.05, 0) is 65.1 Å². The summed E-state index contributed by atoms with van der Waals surface area (Å²) in [4.78, 5) is 27.8. The van der Waals surface area contributed by atoms with E-state index in [4.69, 9.17) is 14.6 Å². The van der Waals surface area contributed by atoms with Crippen molar-refractivity contribution in [2.75, 3.05) is 26.8 Å². The summed E-state index contributed by atoms with van der Waals surface area (Å²) < 4.78 is 12.4. The Kier molecular flexibility index (Phi) is 12.9. The normalized spacial score (nSPS) is 19.2. The summed E-state index contributed by atoms with van der Waals surface area (Å²) in [5.74, 6) is 0.562. The van der Waals surface area contributed by atoms with Crippen LogP contribution in [0.15, 0.2) is 36.4 Å². The van der Waals surface area contributed by atoms with Gasteiger partial charge < -0.3 is 35.0 Å². The van der Waals surface area contributed by atoms with Crippen LogP contribution in [0.25, 0.3) is 0 Å². The highest BCUT2D eigenvalue weighted by molar-refractivity contribution is 14.1. The Bertz CT molecular complexity index is 966. The Balaban J connectivity index is 2.49. The van der Waals surface area contributed by atoms with Crippen molar-refractivity contribution in [3.8, 4) is 11.5 Å². The van der Waals surface area contributed by atoms with Crippen LogP contribution >= 0.6 is 22.6 Å². The summed E-state index contributed by atoms with van der Waals surface area (Å²) in [5, 5.41) is 32.9. The van der Waals surface area contributed by atoms with Crippen molar-refractivity contribution in [2.45, 2.75) is 64.4 Å². The smallest absolute Gasteiger partial charge is 0.247 e. The first kappa shape index (κ1) is 31.1. The lowest BCUT2D eigenvalue weighted by molar-refractivity contribution is -0.138. The van der Waals surface area contributed by atoms with Crippen molar-refractivity contribution in [2.24, 2.45) is 5.92 Å². The second kappa shape index (κ2) is 15.3. The van der Waals surface area contributed by atoms with Crippen molar-refractivity contribution >= 4 is 34.4 Å². The minimum atomic E-state index is -1.12. The molecule has 0 saturated carbocycles. The molecule has 4 N–H and O–H groups in total. The molecule has 0 saturated heterocycles. The van der Waals surface area contributed by atoms with Gasteiger partial charge in [-0.15, -0.1) is 6.58 Å². The Labute approximate surface area is 232 Å². The number of halogens is 1. The molecule has 1 aliphatic rings. The van der Waals surface area contributed by atoms with Gasteiger partial charge in [-0.2, -0.15) is 0 Å². The third-order valence-corrected chi connectivity index (χ3v) is 6.97. The fourth-order valence-corrected chi connectivity index (χ4v) is 4.93. The number of amides is 2. The summed E-state index contributed by atoms with van der Waals surface area (Å²) in [5.41, 5.74) is 1.00. The van der Waals surface area contributed by atoms with E-state index in [9.17, 15) is 19.8 Å². The predicted molar refractivity (Wildman–Crippen MR) is 149 cm³/mol. The minimum absolute atomic E-state index is 0.0819. The molecule has 9 nitrogen and oxygen atoms in total. The highest BCUT2D eigenvalue weighted by Crippen LogP contribution is 2.37. The van der Waals surface area contributed by atoms with Crippen LogP contribution in [-0.2, 0) is 16.2 Å². The first-order chi connectivity index (χ1) is 17.7. The summed E-state index contributed by atoms with van der Waals surface area (Å²) in [6, 6.07) is 2.70. The summed E-state index contributed by atoms with van der Waals surface area (Å²) >= 11 is 2.06. The van der Waals surface area contributed by atoms with Gasteiger partial charge in [0, 0.05) is 31.5 Å². The minimum Gasteiger partial charge on any atom is -0.493 e. The monoisotopic (exact) mass is 630 g/mol. The zero-order valence-corrected chi connectivity index (χ0v) is 23.9. The number of benzene rings is 1. The number of methoxy groups -OCH3 is 1. The highest BCUT2D eigenvalue weighted by atomic mass is 127. The maximum absolute atomic E-state index is 13.2. The van der Waals surface area contributed by atoms with Gasteiger partial charge in [0.15, 0.2) is 11.5 Å². The van der Waals surface area contributed by atoms with Gasteiger partial charge in [0.25, 0.3) is 0 Å². The Hall–Kier alpha value is -2.15. The van der Waals surface area contributed by atoms with Gasteiger partial charge in [0.1, 0.15) is 12.2 Å². The molecular weight excluding hydrogens is 591 g/mol. The number of aliphatic hydroxyl groups excluding tert-OH is 3. The molecule has 1 aromatic rings. The number of rotatable bonds is 14. The molecule has 0 radical (unpaired) electrons. The van der Waals surface area contributed by atoms with Crippen LogP contribution in [0.1, 0.15) is 45.1 Å². The van der Waals surface area contributed by atoms with E-state index in [0.29, 0.717) is 45.1 Å². The Morgan fingerprint density at radius 3 is 2.65 bits per heavy atom. The molecule has 1 aliphatic carbocycles. The molecule has 0 spiro atoms. The van der Waals surface area contributed by atoms with E-state index in [2.05, 4.69) is 48.3 Å². The Morgan fingerprint density at radius 1 is 1.32 bits per heavy atom. The number of nitrogens with zero attached hydrogens (tertiary/aromatic N) is 1. The maximum atomic E-state index is 13.2. The molecule has 0 heterocycles. The summed E-state index contributed by atoms with van der Waals surface area (Å²) in [6.45, 7) is 7.96. The molecule has 0 bridgehead atoms. The highest BCUT2D eigenvalue weighted by Gasteiger charge is 2.40. The molecule has 1 aromatic carbocycles. The quantitative estimate of drug-likeness (QED) is 0.184. The standard InChI is InChI=1S/C27H39IN2O7/c1-5-6-7-24(33)30(10-8-17(2)3)21-14-19(27(35)29-9-11-31)15-22(25(21)34)37-26-20(28)12-18(16-32)13-23(26)36-4/h5,12-13,15,17,21-22,25,31-32,34H,1,6-11,14,16H2,2-4H3,(H,29,35). The Morgan fingerprint density at radius 2 is 2.05 bits per heavy atom. The fourth-order valence-electron chi connectivity index (χ4n) is 4.14. The maximum Gasteiger partial charge on any atom is 0.247 e. The van der Waals surface area contributed by atoms with Gasteiger partial charge in [-0.25, -0.2) is 0 Å². The molecule has 2 amide bonds. The van der Waals surface area contributed by atoms with E-state index in [0.717, 1.165) is 6.42 Å². The average Bonchev–Trinajstić information content (AvgIpc) is 2.88. The molecule has 3 atom stereocenters. The zero-order chi connectivity index (χ0) is 27.5. The van der Waals surface area contributed by atoms with Gasteiger partial charge in [0.2, 0.25) is 11.8 Å². The number of allylic oxidation sites excluding steroid dienone is 1. The van der Waals surface area contributed by atoms with Crippen molar-refractivity contribution in [1.82, 2.24) is 10.2 Å². The number of ether oxygens (including phenoxy) is 2. The molecule has 0 fully saturated rings. The second-order valence-electron chi connectivity index (χ2n) is 9.38. The number of carbonyl (C=O) groups is 2. The van der Waals surface area contributed by atoms with E-state index in [1.165, 1.54) is 7.11 Å². The topological polar surface area (TPSA) is 129 Å². The fraction of sp³-hybridized carbons (Fsp3) is 0.556. The van der Waals surface area contributed by atoms with Crippen LogP contribution in [0.4, 0.5) is 0 Å². The van der Waals surface area contributed by atoms with Gasteiger partial charge >= 0.3 is 0 Å². The first-order valence-electron chi connectivity index (χ1n) is 12.5. The number of hydrogen-bond acceptors (Lipinski definition) is 7. The molecule has 37 heavy (non-hydrogen) atoms. The molecule has 0 aromatic heterocycles. The van der Waals surface area contributed by atoms with Crippen LogP contribution in [-0.4, -0.2) is 77.1 Å². The van der Waals surface area contributed by atoms with E-state index >= 15 is 0 Å². The van der Waals surface area contributed by atoms with E-state index in [-0.39, 0.29) is 44.4 Å². The molecule has 10 heteroatoms. The van der Waals surface area contributed by atoms with E-state index in [1.54, 1.807) is 29.2 Å². The van der Waals surface area contributed by atoms with Crippen LogP contribution in [0.2, 0.25) is 0 Å². The van der Waals surface area contributed by atoms with Gasteiger partial charge in [0.05, 0.1) is 29.9 Å². The molecule has 206 valence electrons. The number of carbonyl (C=O) groups excluding carboxylic acids is 2. The summed E-state index contributed by atoms with van der Waals surface area (Å²) in [7, 11) is 1.48. The van der Waals surface area contributed by atoms with Crippen LogP contribution in [0.3, 0.4) is 0 Å². The van der Waals surface area contributed by atoms with Crippen molar-refractivity contribution < 1.29 is 34.4 Å². The molecule has 0 aliphatic heterocycles. The number of aliphatic hydroxyl groups is 3. The van der Waals surface area contributed by atoms with E-state index in [1.807, 2.05) is 0 Å². The van der Waals surface area contributed by atoms with Crippen LogP contribution in [0.5, 0.6) is 11.5 Å². The van der Waals surface area contributed by atoms with Gasteiger partial charge in [-0.1, -0.05) is 19.9 Å². The van der Waals surface area contributed by atoms with Crippen LogP contribution in [0, 0.1) is 9.49 Å². The third kappa shape index (κ3) is 8.69. The first-order valence-corrected chi connectivity index (χ1v) is 13.6. The SMILES string of the molecule is C=CCCC(=O)N(CCC(C)C)C1CC(C(=O)NCCO)=CC(Oc2c(I)cc(CO)cc2OC)C1O. The van der Waals surface area contributed by atoms with E-state index < -0.39 is 18.2 Å². The lowest BCUT2D eigenvalue weighted by Gasteiger charge is -2.41. The lowest BCUT2D eigenvalue weighted by atomic mass is 9.87. The van der Waals surface area contributed by atoms with Crippen molar-refractivity contribution in [1.29, 1.82) is 0 Å². The average molecular weight is 631 g/mol. The number of hydrogen-bond donors (Lipinski definition) is 4. The molecule has 2 rings (SSSR count).